The molecule has 4 bridgehead atoms. The van der Waals surface area contributed by atoms with E-state index in [2.05, 4.69) is 24.3 Å². The molecule has 4 aliphatic carbocycles. The van der Waals surface area contributed by atoms with Crippen molar-refractivity contribution < 1.29 is 0 Å². The standard InChI is InChI=1S/C18H21Cl/c19-17-3-1-13(2-4-17)5-6-18-10-14-7-15(11-18)9-16(8-14)12-18/h1-6,14-16H,7-12H2/b6-5+. The Bertz CT molecular complexity index is 462. The van der Waals surface area contributed by atoms with Crippen molar-refractivity contribution in [3.8, 4) is 0 Å². The zero-order valence-corrected chi connectivity index (χ0v) is 12.1. The van der Waals surface area contributed by atoms with Crippen molar-refractivity contribution in [3.63, 3.8) is 0 Å². The molecule has 1 aromatic carbocycles. The first-order valence-electron chi connectivity index (χ1n) is 7.66. The van der Waals surface area contributed by atoms with Crippen LogP contribution in [0.2, 0.25) is 5.02 Å². The van der Waals surface area contributed by atoms with Crippen molar-refractivity contribution in [2.45, 2.75) is 38.5 Å². The molecule has 0 amide bonds. The molecule has 0 N–H and O–H groups in total. The van der Waals surface area contributed by atoms with Gasteiger partial charge in [0.1, 0.15) is 0 Å². The summed E-state index contributed by atoms with van der Waals surface area (Å²) in [5.74, 6) is 3.09. The Balaban J connectivity index is 1.57. The maximum absolute atomic E-state index is 5.94. The molecule has 0 atom stereocenters. The Hall–Kier alpha value is -0.750. The van der Waals surface area contributed by atoms with Crippen LogP contribution < -0.4 is 0 Å². The highest BCUT2D eigenvalue weighted by molar-refractivity contribution is 6.30. The highest BCUT2D eigenvalue weighted by Crippen LogP contribution is 2.60. The van der Waals surface area contributed by atoms with Crippen molar-refractivity contribution in [1.82, 2.24) is 0 Å². The quantitative estimate of drug-likeness (QED) is 0.660. The van der Waals surface area contributed by atoms with Crippen LogP contribution in [0.1, 0.15) is 44.1 Å². The second kappa shape index (κ2) is 4.38. The molecule has 4 aliphatic rings. The lowest BCUT2D eigenvalue weighted by Gasteiger charge is -2.55. The Labute approximate surface area is 120 Å². The van der Waals surface area contributed by atoms with Crippen molar-refractivity contribution in [1.29, 1.82) is 0 Å². The van der Waals surface area contributed by atoms with Crippen LogP contribution in [0.25, 0.3) is 6.08 Å². The molecule has 0 nitrogen and oxygen atoms in total. The van der Waals surface area contributed by atoms with Gasteiger partial charge < -0.3 is 0 Å². The SMILES string of the molecule is Clc1ccc(/C=C/C23CC4CC(CC(C4)C2)C3)cc1. The molecule has 1 aromatic rings. The Morgan fingerprint density at radius 1 is 0.895 bits per heavy atom. The van der Waals surface area contributed by atoms with Crippen LogP contribution in [0.15, 0.2) is 30.3 Å². The van der Waals surface area contributed by atoms with E-state index in [0.29, 0.717) is 5.41 Å². The van der Waals surface area contributed by atoms with Crippen LogP contribution >= 0.6 is 11.6 Å². The van der Waals surface area contributed by atoms with Crippen LogP contribution in [0.3, 0.4) is 0 Å². The summed E-state index contributed by atoms with van der Waals surface area (Å²) >= 11 is 5.94. The summed E-state index contributed by atoms with van der Waals surface area (Å²) in [6, 6.07) is 8.22. The second-order valence-corrected chi connectivity index (χ2v) is 7.60. The van der Waals surface area contributed by atoms with Crippen molar-refractivity contribution >= 4 is 17.7 Å². The monoisotopic (exact) mass is 272 g/mol. The molecule has 0 heterocycles. The first-order chi connectivity index (χ1) is 9.21. The maximum Gasteiger partial charge on any atom is 0.0406 e. The van der Waals surface area contributed by atoms with Gasteiger partial charge in [-0.25, -0.2) is 0 Å². The number of benzene rings is 1. The van der Waals surface area contributed by atoms with E-state index in [9.17, 15) is 0 Å². The van der Waals surface area contributed by atoms with Gasteiger partial charge in [0.15, 0.2) is 0 Å². The van der Waals surface area contributed by atoms with Gasteiger partial charge in [-0.3, -0.25) is 0 Å². The van der Waals surface area contributed by atoms with E-state index < -0.39 is 0 Å². The Morgan fingerprint density at radius 3 is 1.95 bits per heavy atom. The third-order valence-electron chi connectivity index (χ3n) is 5.58. The summed E-state index contributed by atoms with van der Waals surface area (Å²) in [4.78, 5) is 0. The third kappa shape index (κ3) is 2.25. The van der Waals surface area contributed by atoms with Gasteiger partial charge in [-0.2, -0.15) is 0 Å². The maximum atomic E-state index is 5.94. The minimum atomic E-state index is 0.536. The molecule has 5 rings (SSSR count). The lowest BCUT2D eigenvalue weighted by molar-refractivity contribution is -0.0232. The average Bonchev–Trinajstić information content (AvgIpc) is 2.36. The van der Waals surface area contributed by atoms with Crippen molar-refractivity contribution in [3.05, 3.63) is 40.9 Å². The van der Waals surface area contributed by atoms with Crippen LogP contribution in [-0.2, 0) is 0 Å². The van der Waals surface area contributed by atoms with Gasteiger partial charge in [-0.1, -0.05) is 35.9 Å². The minimum absolute atomic E-state index is 0.536. The highest BCUT2D eigenvalue weighted by atomic mass is 35.5. The molecule has 0 aliphatic heterocycles. The second-order valence-electron chi connectivity index (χ2n) is 7.16. The summed E-state index contributed by atoms with van der Waals surface area (Å²) in [5, 5.41) is 0.826. The summed E-state index contributed by atoms with van der Waals surface area (Å²) < 4.78 is 0. The van der Waals surface area contributed by atoms with E-state index in [4.69, 9.17) is 11.6 Å². The van der Waals surface area contributed by atoms with Gasteiger partial charge in [0.05, 0.1) is 0 Å². The molecule has 0 unspecified atom stereocenters. The number of halogens is 1. The fourth-order valence-electron chi connectivity index (χ4n) is 5.23. The van der Waals surface area contributed by atoms with Crippen molar-refractivity contribution in [2.24, 2.45) is 23.2 Å². The van der Waals surface area contributed by atoms with Crippen molar-refractivity contribution in [2.75, 3.05) is 0 Å². The molecule has 4 saturated carbocycles. The Kier molecular flexibility index (Phi) is 2.77. The van der Waals surface area contributed by atoms with Crippen LogP contribution in [0.5, 0.6) is 0 Å². The first-order valence-corrected chi connectivity index (χ1v) is 8.03. The van der Waals surface area contributed by atoms with Gasteiger partial charge >= 0.3 is 0 Å². The first kappa shape index (κ1) is 12.0. The van der Waals surface area contributed by atoms with E-state index >= 15 is 0 Å². The van der Waals surface area contributed by atoms with E-state index in [0.717, 1.165) is 22.8 Å². The minimum Gasteiger partial charge on any atom is -0.0843 e. The lowest BCUT2D eigenvalue weighted by Crippen LogP contribution is -2.44. The van der Waals surface area contributed by atoms with E-state index in [1.165, 1.54) is 44.1 Å². The van der Waals surface area contributed by atoms with Crippen LogP contribution in [0, 0.1) is 23.2 Å². The highest BCUT2D eigenvalue weighted by Gasteiger charge is 2.49. The third-order valence-corrected chi connectivity index (χ3v) is 5.84. The predicted octanol–water partition coefficient (Wildman–Crippen LogP) is 5.57. The molecule has 0 aromatic heterocycles. The molecular formula is C18H21Cl. The van der Waals surface area contributed by atoms with E-state index in [1.807, 2.05) is 12.1 Å². The van der Waals surface area contributed by atoms with Gasteiger partial charge in [-0.05, 0) is 79.4 Å². The Morgan fingerprint density at radius 2 is 1.42 bits per heavy atom. The zero-order chi connectivity index (χ0) is 12.9. The lowest BCUT2D eigenvalue weighted by atomic mass is 9.49. The average molecular weight is 273 g/mol. The molecule has 0 saturated heterocycles. The fraction of sp³-hybridized carbons (Fsp3) is 0.556. The number of hydrogen-bond donors (Lipinski definition) is 0. The number of rotatable bonds is 2. The molecule has 0 radical (unpaired) electrons. The number of allylic oxidation sites excluding steroid dienone is 1. The van der Waals surface area contributed by atoms with Gasteiger partial charge in [-0.15, -0.1) is 0 Å². The summed E-state index contributed by atoms with van der Waals surface area (Å²) in [7, 11) is 0. The molecule has 100 valence electrons. The molecular weight excluding hydrogens is 252 g/mol. The number of hydrogen-bond acceptors (Lipinski definition) is 0. The zero-order valence-electron chi connectivity index (χ0n) is 11.3. The topological polar surface area (TPSA) is 0 Å². The van der Waals surface area contributed by atoms with Crippen LogP contribution in [0.4, 0.5) is 0 Å². The molecule has 4 fully saturated rings. The molecule has 19 heavy (non-hydrogen) atoms. The predicted molar refractivity (Wildman–Crippen MR) is 81.1 cm³/mol. The largest absolute Gasteiger partial charge is 0.0843 e. The van der Waals surface area contributed by atoms with Gasteiger partial charge in [0.25, 0.3) is 0 Å². The smallest absolute Gasteiger partial charge is 0.0406 e. The normalized spacial score (nSPS) is 40.2. The van der Waals surface area contributed by atoms with Gasteiger partial charge in [0, 0.05) is 5.02 Å². The summed E-state index contributed by atoms with van der Waals surface area (Å²) in [5.41, 5.74) is 1.83. The van der Waals surface area contributed by atoms with E-state index in [1.54, 1.807) is 0 Å². The molecule has 0 spiro atoms. The summed E-state index contributed by atoms with van der Waals surface area (Å²) in [6.45, 7) is 0. The molecule has 1 heteroatoms. The van der Waals surface area contributed by atoms with Crippen LogP contribution in [-0.4, -0.2) is 0 Å². The fourth-order valence-corrected chi connectivity index (χ4v) is 5.35. The summed E-state index contributed by atoms with van der Waals surface area (Å²) in [6.07, 6.45) is 13.8. The van der Waals surface area contributed by atoms with Gasteiger partial charge in [0.2, 0.25) is 0 Å². The van der Waals surface area contributed by atoms with E-state index in [-0.39, 0.29) is 0 Å².